The second-order valence-electron chi connectivity index (χ2n) is 7.02. The summed E-state index contributed by atoms with van der Waals surface area (Å²) in [4.78, 5) is 21.1. The number of aromatic nitrogens is 3. The third-order valence-corrected chi connectivity index (χ3v) is 5.06. The van der Waals surface area contributed by atoms with Gasteiger partial charge in [0.15, 0.2) is 5.65 Å². The molecule has 7 nitrogen and oxygen atoms in total. The smallest absolute Gasteiger partial charge is 0.236 e. The second-order valence-corrected chi connectivity index (χ2v) is 7.02. The number of ether oxygens (including phenoxy) is 1. The van der Waals surface area contributed by atoms with Crippen molar-refractivity contribution in [3.05, 3.63) is 30.2 Å². The molecule has 1 amide bonds. The third kappa shape index (κ3) is 3.99. The fourth-order valence-corrected chi connectivity index (χ4v) is 3.72. The van der Waals surface area contributed by atoms with Gasteiger partial charge in [-0.05, 0) is 44.5 Å². The predicted octanol–water partition coefficient (Wildman–Crippen LogP) is 0.843. The van der Waals surface area contributed by atoms with E-state index in [0.717, 1.165) is 37.4 Å². The van der Waals surface area contributed by atoms with E-state index < -0.39 is 0 Å². The van der Waals surface area contributed by atoms with Crippen molar-refractivity contribution in [1.29, 1.82) is 0 Å². The molecule has 0 spiro atoms. The average molecular weight is 343 g/mol. The summed E-state index contributed by atoms with van der Waals surface area (Å²) in [5.74, 6) is 0.508. The highest BCUT2D eigenvalue weighted by Gasteiger charge is 2.25. The van der Waals surface area contributed by atoms with E-state index in [-0.39, 0.29) is 11.8 Å². The van der Waals surface area contributed by atoms with E-state index >= 15 is 0 Å². The van der Waals surface area contributed by atoms with Crippen LogP contribution in [0.5, 0.6) is 0 Å². The molecule has 2 aromatic heterocycles. The van der Waals surface area contributed by atoms with Crippen molar-refractivity contribution in [3.63, 3.8) is 0 Å². The fourth-order valence-electron chi connectivity index (χ4n) is 3.72. The molecule has 7 heteroatoms. The molecular weight excluding hydrogens is 318 g/mol. The lowest BCUT2D eigenvalue weighted by atomic mass is 10.0. The Kier molecular flexibility index (Phi) is 4.94. The maximum Gasteiger partial charge on any atom is 0.236 e. The van der Waals surface area contributed by atoms with Gasteiger partial charge < -0.3 is 9.64 Å². The predicted molar refractivity (Wildman–Crippen MR) is 93.3 cm³/mol. The fraction of sp³-hybridized carbons (Fsp3) is 0.611. The first-order chi connectivity index (χ1) is 12.3. The van der Waals surface area contributed by atoms with Crippen LogP contribution >= 0.6 is 0 Å². The quantitative estimate of drug-likeness (QED) is 0.823. The lowest BCUT2D eigenvalue weighted by Crippen LogP contribution is -2.42. The topological polar surface area (TPSA) is 63.0 Å². The van der Waals surface area contributed by atoms with Crippen molar-refractivity contribution < 1.29 is 9.53 Å². The summed E-state index contributed by atoms with van der Waals surface area (Å²) in [5, 5.41) is 4.60. The summed E-state index contributed by atoms with van der Waals surface area (Å²) in [5.41, 5.74) is 1.86. The van der Waals surface area contributed by atoms with Gasteiger partial charge in [0.25, 0.3) is 0 Å². The molecule has 2 saturated heterocycles. The zero-order valence-electron chi connectivity index (χ0n) is 14.5. The highest BCUT2D eigenvalue weighted by molar-refractivity contribution is 5.78. The van der Waals surface area contributed by atoms with E-state index in [4.69, 9.17) is 4.74 Å². The first-order valence-corrected chi connectivity index (χ1v) is 9.15. The van der Waals surface area contributed by atoms with Crippen molar-refractivity contribution in [1.82, 2.24) is 24.4 Å². The maximum absolute atomic E-state index is 12.6. The summed E-state index contributed by atoms with van der Waals surface area (Å²) in [6.45, 7) is 5.38. The number of nitrogens with zero attached hydrogens (tertiary/aromatic N) is 5. The Morgan fingerprint density at radius 3 is 3.00 bits per heavy atom. The number of carbonyl (C=O) groups excluding carboxylic acids is 1. The SMILES string of the molecule is O=C(CN1CCCC1)N1CCOC[C@H](Cc2ccc3nccn3n2)C1. The standard InChI is InChI=1S/C18H25N5O2/c24-18(13-21-6-1-2-7-21)22-9-10-25-14-15(12-22)11-16-3-4-17-19-5-8-23(17)20-16/h3-5,8,15H,1-2,6-7,9-14H2/t15-/m1/s1. The van der Waals surface area contributed by atoms with Crippen LogP contribution in [0.4, 0.5) is 0 Å². The van der Waals surface area contributed by atoms with Crippen LogP contribution in [0.25, 0.3) is 5.65 Å². The van der Waals surface area contributed by atoms with Gasteiger partial charge in [0.05, 0.1) is 25.5 Å². The number of rotatable bonds is 4. The Balaban J connectivity index is 1.39. The molecule has 2 aliphatic rings. The molecule has 0 saturated carbocycles. The molecule has 0 aliphatic carbocycles. The van der Waals surface area contributed by atoms with Crippen LogP contribution < -0.4 is 0 Å². The van der Waals surface area contributed by atoms with Crippen LogP contribution in [0.2, 0.25) is 0 Å². The number of likely N-dealkylation sites (tertiary alicyclic amines) is 1. The van der Waals surface area contributed by atoms with Gasteiger partial charge in [-0.3, -0.25) is 9.69 Å². The minimum Gasteiger partial charge on any atom is -0.379 e. The van der Waals surface area contributed by atoms with E-state index in [2.05, 4.69) is 15.0 Å². The van der Waals surface area contributed by atoms with Crippen molar-refractivity contribution >= 4 is 11.6 Å². The van der Waals surface area contributed by atoms with E-state index in [1.807, 2.05) is 23.2 Å². The second kappa shape index (κ2) is 7.49. The summed E-state index contributed by atoms with van der Waals surface area (Å²) in [6, 6.07) is 4.00. The van der Waals surface area contributed by atoms with Gasteiger partial charge in [0.2, 0.25) is 5.91 Å². The molecule has 2 aliphatic heterocycles. The zero-order valence-corrected chi connectivity index (χ0v) is 14.5. The maximum atomic E-state index is 12.6. The number of hydrogen-bond acceptors (Lipinski definition) is 5. The number of carbonyl (C=O) groups is 1. The summed E-state index contributed by atoms with van der Waals surface area (Å²) < 4.78 is 7.54. The Hall–Kier alpha value is -1.99. The Morgan fingerprint density at radius 1 is 1.24 bits per heavy atom. The van der Waals surface area contributed by atoms with Gasteiger partial charge in [0.1, 0.15) is 0 Å². The molecule has 0 radical (unpaired) electrons. The molecule has 4 rings (SSSR count). The highest BCUT2D eigenvalue weighted by Crippen LogP contribution is 2.15. The molecule has 0 aromatic carbocycles. The number of amides is 1. The zero-order chi connectivity index (χ0) is 17.1. The van der Waals surface area contributed by atoms with Crippen LogP contribution in [0.1, 0.15) is 18.5 Å². The number of fused-ring (bicyclic) bond motifs is 1. The minimum absolute atomic E-state index is 0.232. The molecule has 0 bridgehead atoms. The molecule has 134 valence electrons. The summed E-state index contributed by atoms with van der Waals surface area (Å²) in [7, 11) is 0. The molecule has 0 unspecified atom stereocenters. The van der Waals surface area contributed by atoms with Crippen LogP contribution in [-0.2, 0) is 16.0 Å². The highest BCUT2D eigenvalue weighted by atomic mass is 16.5. The van der Waals surface area contributed by atoms with Gasteiger partial charge in [-0.15, -0.1) is 0 Å². The van der Waals surface area contributed by atoms with Crippen LogP contribution in [0.15, 0.2) is 24.5 Å². The minimum atomic E-state index is 0.232. The summed E-state index contributed by atoms with van der Waals surface area (Å²) >= 11 is 0. The van der Waals surface area contributed by atoms with Gasteiger partial charge in [-0.25, -0.2) is 9.50 Å². The van der Waals surface area contributed by atoms with Gasteiger partial charge in [-0.1, -0.05) is 0 Å². The molecule has 1 atom stereocenters. The van der Waals surface area contributed by atoms with Gasteiger partial charge in [-0.2, -0.15) is 5.10 Å². The average Bonchev–Trinajstić information content (AvgIpc) is 3.23. The number of imidazole rings is 1. The first kappa shape index (κ1) is 16.5. The molecule has 2 fully saturated rings. The monoisotopic (exact) mass is 343 g/mol. The molecular formula is C18H25N5O2. The third-order valence-electron chi connectivity index (χ3n) is 5.06. The largest absolute Gasteiger partial charge is 0.379 e. The van der Waals surface area contributed by atoms with E-state index in [1.54, 1.807) is 10.7 Å². The Morgan fingerprint density at radius 2 is 2.12 bits per heavy atom. The Labute approximate surface area is 147 Å². The van der Waals surface area contributed by atoms with Gasteiger partial charge in [0, 0.05) is 31.4 Å². The van der Waals surface area contributed by atoms with Crippen molar-refractivity contribution in [2.75, 3.05) is 45.9 Å². The molecule has 0 N–H and O–H groups in total. The summed E-state index contributed by atoms with van der Waals surface area (Å²) in [6.07, 6.45) is 6.83. The van der Waals surface area contributed by atoms with E-state index in [1.165, 1.54) is 12.8 Å². The molecule has 25 heavy (non-hydrogen) atoms. The van der Waals surface area contributed by atoms with Crippen molar-refractivity contribution in [2.45, 2.75) is 19.3 Å². The van der Waals surface area contributed by atoms with E-state index in [9.17, 15) is 4.79 Å². The van der Waals surface area contributed by atoms with Crippen LogP contribution in [-0.4, -0.2) is 76.2 Å². The lowest BCUT2D eigenvalue weighted by molar-refractivity contribution is -0.132. The lowest BCUT2D eigenvalue weighted by Gasteiger charge is -2.25. The van der Waals surface area contributed by atoms with Crippen molar-refractivity contribution in [3.8, 4) is 0 Å². The van der Waals surface area contributed by atoms with Gasteiger partial charge >= 0.3 is 0 Å². The first-order valence-electron chi connectivity index (χ1n) is 9.15. The van der Waals surface area contributed by atoms with Crippen LogP contribution in [0, 0.1) is 5.92 Å². The molecule has 4 heterocycles. The molecule has 2 aromatic rings. The Bertz CT molecular complexity index is 725. The normalized spacial score (nSPS) is 22.4. The van der Waals surface area contributed by atoms with Crippen LogP contribution in [0.3, 0.4) is 0 Å². The van der Waals surface area contributed by atoms with Crippen molar-refractivity contribution in [2.24, 2.45) is 5.92 Å². The number of hydrogen-bond donors (Lipinski definition) is 0. The van der Waals surface area contributed by atoms with E-state index in [0.29, 0.717) is 26.3 Å².